The van der Waals surface area contributed by atoms with Crippen LogP contribution in [0.15, 0.2) is 0 Å². The smallest absolute Gasteiger partial charge is 0.135 e. The lowest BCUT2D eigenvalue weighted by molar-refractivity contribution is 0.307. The lowest BCUT2D eigenvalue weighted by atomic mass is 9.94. The molecule has 0 spiro atoms. The number of nitrogens with zero attached hydrogens (tertiary/aromatic N) is 1. The van der Waals surface area contributed by atoms with Crippen LogP contribution in [0.4, 0.5) is 9.39 Å². The summed E-state index contributed by atoms with van der Waals surface area (Å²) in [7, 11) is 0. The molecule has 0 saturated heterocycles. The van der Waals surface area contributed by atoms with Gasteiger partial charge >= 0.3 is 0 Å². The summed E-state index contributed by atoms with van der Waals surface area (Å²) in [5, 5.41) is 9.70. The number of nitriles is 1. The molecule has 2 N–H and O–H groups in total. The Kier molecular flexibility index (Phi) is 2.89. The van der Waals surface area contributed by atoms with E-state index in [0.717, 1.165) is 12.0 Å². The van der Waals surface area contributed by atoms with Crippen LogP contribution in [0, 0.1) is 11.3 Å². The van der Waals surface area contributed by atoms with Gasteiger partial charge in [-0.25, -0.2) is 4.39 Å². The van der Waals surface area contributed by atoms with Crippen molar-refractivity contribution in [2.75, 3.05) is 12.0 Å². The van der Waals surface area contributed by atoms with Crippen molar-refractivity contribution in [3.8, 4) is 6.07 Å². The molecule has 1 aliphatic carbocycles. The second-order valence-electron chi connectivity index (χ2n) is 3.50. The van der Waals surface area contributed by atoms with Gasteiger partial charge in [-0.3, -0.25) is 0 Å². The first-order valence-corrected chi connectivity index (χ1v) is 6.78. The number of hydrogen-bond donors (Lipinski definition) is 1. The van der Waals surface area contributed by atoms with Crippen LogP contribution >= 0.6 is 23.1 Å². The number of thiophene rings is 1. The fourth-order valence-electron chi connectivity index (χ4n) is 1.96. The number of anilines is 1. The van der Waals surface area contributed by atoms with Crippen LogP contribution in [0.2, 0.25) is 0 Å². The van der Waals surface area contributed by atoms with E-state index in [2.05, 4.69) is 6.07 Å². The molecule has 0 saturated carbocycles. The normalized spacial score (nSPS) is 24.6. The third-order valence-corrected chi connectivity index (χ3v) is 4.85. The molecule has 80 valence electrons. The highest BCUT2D eigenvalue weighted by Gasteiger charge is 2.32. The summed E-state index contributed by atoms with van der Waals surface area (Å²) in [5.41, 5.74) is 7.08. The second-order valence-corrected chi connectivity index (χ2v) is 5.62. The van der Waals surface area contributed by atoms with E-state index in [-0.39, 0.29) is 5.25 Å². The number of alkyl halides is 1. The van der Waals surface area contributed by atoms with Crippen molar-refractivity contribution < 1.29 is 4.39 Å². The first-order valence-electron chi connectivity index (χ1n) is 4.68. The van der Waals surface area contributed by atoms with Crippen molar-refractivity contribution >= 4 is 28.1 Å². The largest absolute Gasteiger partial charge is 0.389 e. The zero-order chi connectivity index (χ0) is 11.0. The maximum absolute atomic E-state index is 13.7. The van der Waals surface area contributed by atoms with E-state index in [1.807, 2.05) is 6.26 Å². The molecule has 0 fully saturated rings. The Morgan fingerprint density at radius 3 is 2.93 bits per heavy atom. The molecule has 0 radical (unpaired) electrons. The molecule has 5 heteroatoms. The van der Waals surface area contributed by atoms with Crippen LogP contribution in [0.1, 0.15) is 40.3 Å². The van der Waals surface area contributed by atoms with Gasteiger partial charge in [0.15, 0.2) is 0 Å². The summed E-state index contributed by atoms with van der Waals surface area (Å²) in [6, 6.07) is 2.09. The fraction of sp³-hybridized carbons (Fsp3) is 0.500. The van der Waals surface area contributed by atoms with Crippen LogP contribution in [-0.2, 0) is 0 Å². The van der Waals surface area contributed by atoms with Gasteiger partial charge < -0.3 is 5.73 Å². The van der Waals surface area contributed by atoms with Crippen LogP contribution < -0.4 is 5.73 Å². The minimum absolute atomic E-state index is 0.232. The van der Waals surface area contributed by atoms with Crippen LogP contribution in [-0.4, -0.2) is 6.26 Å². The second kappa shape index (κ2) is 4.03. The molecule has 2 rings (SSSR count). The summed E-state index contributed by atoms with van der Waals surface area (Å²) >= 11 is 2.90. The number of halogens is 1. The first kappa shape index (κ1) is 10.8. The maximum Gasteiger partial charge on any atom is 0.135 e. The monoisotopic (exact) mass is 242 g/mol. The summed E-state index contributed by atoms with van der Waals surface area (Å²) in [6.45, 7) is 0. The van der Waals surface area contributed by atoms with Gasteiger partial charge in [-0.15, -0.1) is 11.3 Å². The Hall–Kier alpha value is -0.730. The molecule has 0 bridgehead atoms. The van der Waals surface area contributed by atoms with Crippen LogP contribution in [0.25, 0.3) is 0 Å². The lowest BCUT2D eigenvalue weighted by Gasteiger charge is -2.23. The zero-order valence-electron chi connectivity index (χ0n) is 8.29. The van der Waals surface area contributed by atoms with Crippen molar-refractivity contribution in [3.05, 3.63) is 16.0 Å². The molecular formula is C10H11FN2S2. The van der Waals surface area contributed by atoms with Gasteiger partial charge in [-0.2, -0.15) is 17.0 Å². The van der Waals surface area contributed by atoms with Gasteiger partial charge in [0, 0.05) is 15.7 Å². The summed E-state index contributed by atoms with van der Waals surface area (Å²) in [5.74, 6) is 0. The molecule has 1 heterocycles. The first-order chi connectivity index (χ1) is 7.19. The number of fused-ring (bicyclic) bond motifs is 1. The highest BCUT2D eigenvalue weighted by atomic mass is 32.2. The zero-order valence-corrected chi connectivity index (χ0v) is 9.92. The van der Waals surface area contributed by atoms with E-state index in [9.17, 15) is 4.39 Å². The van der Waals surface area contributed by atoms with E-state index in [1.165, 1.54) is 11.3 Å². The standard InChI is InChI=1S/C10H11FN2S2/c1-14-7-3-2-6(11)9-8(7)5(4-12)10(13)15-9/h6-7H,2-3,13H2,1H3. The van der Waals surface area contributed by atoms with Crippen LogP contribution in [0.3, 0.4) is 0 Å². The molecule has 1 aliphatic rings. The molecule has 0 aliphatic heterocycles. The van der Waals surface area contributed by atoms with Crippen LogP contribution in [0.5, 0.6) is 0 Å². The number of thioether (sulfide) groups is 1. The Balaban J connectivity index is 2.59. The number of nitrogens with two attached hydrogens (primary N) is 1. The third kappa shape index (κ3) is 1.62. The Bertz CT molecular complexity index is 422. The minimum atomic E-state index is -0.933. The lowest BCUT2D eigenvalue weighted by Crippen LogP contribution is -2.08. The summed E-state index contributed by atoms with van der Waals surface area (Å²) < 4.78 is 13.7. The quantitative estimate of drug-likeness (QED) is 0.821. The fourth-order valence-corrected chi connectivity index (χ4v) is 3.98. The number of hydrogen-bond acceptors (Lipinski definition) is 4. The minimum Gasteiger partial charge on any atom is -0.389 e. The molecule has 0 amide bonds. The average molecular weight is 242 g/mol. The maximum atomic E-state index is 13.7. The average Bonchev–Trinajstić information content (AvgIpc) is 2.56. The van der Waals surface area contributed by atoms with Gasteiger partial charge in [0.05, 0.1) is 5.56 Å². The third-order valence-electron chi connectivity index (χ3n) is 2.69. The van der Waals surface area contributed by atoms with Crippen molar-refractivity contribution in [1.29, 1.82) is 5.26 Å². The number of nitrogen functional groups attached to an aromatic ring is 1. The molecular weight excluding hydrogens is 231 g/mol. The van der Waals surface area contributed by atoms with Gasteiger partial charge in [0.25, 0.3) is 0 Å². The molecule has 1 aromatic heterocycles. The van der Waals surface area contributed by atoms with Crippen molar-refractivity contribution in [2.45, 2.75) is 24.3 Å². The Morgan fingerprint density at radius 2 is 2.33 bits per heavy atom. The predicted octanol–water partition coefficient (Wildman–Crippen LogP) is 3.41. The highest BCUT2D eigenvalue weighted by molar-refractivity contribution is 7.98. The van der Waals surface area contributed by atoms with Gasteiger partial charge in [-0.05, 0) is 19.1 Å². The van der Waals surface area contributed by atoms with E-state index in [4.69, 9.17) is 11.0 Å². The molecule has 2 atom stereocenters. The van der Waals surface area contributed by atoms with Crippen molar-refractivity contribution in [2.24, 2.45) is 0 Å². The van der Waals surface area contributed by atoms with E-state index in [0.29, 0.717) is 21.9 Å². The van der Waals surface area contributed by atoms with Gasteiger partial charge in [0.1, 0.15) is 17.2 Å². The molecule has 2 nitrogen and oxygen atoms in total. The van der Waals surface area contributed by atoms with Crippen molar-refractivity contribution in [3.63, 3.8) is 0 Å². The highest BCUT2D eigenvalue weighted by Crippen LogP contribution is 2.50. The van der Waals surface area contributed by atoms with Gasteiger partial charge in [-0.1, -0.05) is 0 Å². The Labute approximate surface area is 96.3 Å². The predicted molar refractivity (Wildman–Crippen MR) is 62.8 cm³/mol. The van der Waals surface area contributed by atoms with E-state index < -0.39 is 6.17 Å². The SMILES string of the molecule is CSC1CCC(F)c2sc(N)c(C#N)c21. The molecule has 15 heavy (non-hydrogen) atoms. The van der Waals surface area contributed by atoms with E-state index in [1.54, 1.807) is 11.8 Å². The topological polar surface area (TPSA) is 49.8 Å². The summed E-state index contributed by atoms with van der Waals surface area (Å²) in [6.07, 6.45) is 2.39. The molecule has 0 aromatic carbocycles. The van der Waals surface area contributed by atoms with Crippen molar-refractivity contribution in [1.82, 2.24) is 0 Å². The Morgan fingerprint density at radius 1 is 1.60 bits per heavy atom. The molecule has 1 aromatic rings. The summed E-state index contributed by atoms with van der Waals surface area (Å²) in [4.78, 5) is 0.676. The number of rotatable bonds is 1. The van der Waals surface area contributed by atoms with E-state index >= 15 is 0 Å². The van der Waals surface area contributed by atoms with Gasteiger partial charge in [0.2, 0.25) is 0 Å². The molecule has 2 unspecified atom stereocenters.